The van der Waals surface area contributed by atoms with Crippen molar-refractivity contribution in [3.63, 3.8) is 0 Å². The van der Waals surface area contributed by atoms with E-state index in [4.69, 9.17) is 4.74 Å². The van der Waals surface area contributed by atoms with Gasteiger partial charge in [0.2, 0.25) is 0 Å². The molecular formula is C54H106O2. The van der Waals surface area contributed by atoms with Gasteiger partial charge in [-0.05, 0) is 44.4 Å². The fourth-order valence-corrected chi connectivity index (χ4v) is 8.38. The second-order valence-electron chi connectivity index (χ2n) is 18.7. The molecule has 0 spiro atoms. The van der Waals surface area contributed by atoms with Gasteiger partial charge in [-0.2, -0.15) is 0 Å². The molecule has 0 aliphatic rings. The second kappa shape index (κ2) is 50.4. The summed E-state index contributed by atoms with van der Waals surface area (Å²) >= 11 is 0. The Labute approximate surface area is 355 Å². The van der Waals surface area contributed by atoms with Gasteiger partial charge in [-0.3, -0.25) is 4.79 Å². The maximum absolute atomic E-state index is 12.0. The summed E-state index contributed by atoms with van der Waals surface area (Å²) in [6.45, 7) is 7.61. The first-order valence-corrected chi connectivity index (χ1v) is 26.5. The van der Waals surface area contributed by atoms with Crippen molar-refractivity contribution >= 4 is 5.97 Å². The molecule has 0 radical (unpaired) electrons. The Morgan fingerprint density at radius 2 is 0.625 bits per heavy atom. The standard InChI is InChI=1S/C54H106O2/c1-4-5-6-7-8-9-10-11-12-26-30-33-36-39-42-45-48-51-54(55)56-52-49-46-43-40-37-34-31-28-25-23-21-19-17-15-13-14-16-18-20-22-24-27-29-32-35-38-41-44-47-50-53(2)3/h11-12,53H,4-10,13-52H2,1-3H3. The maximum atomic E-state index is 12.0. The zero-order valence-electron chi connectivity index (χ0n) is 39.3. The quantitative estimate of drug-likeness (QED) is 0.0349. The van der Waals surface area contributed by atoms with Gasteiger partial charge in [0.15, 0.2) is 0 Å². The van der Waals surface area contributed by atoms with Gasteiger partial charge in [0.1, 0.15) is 0 Å². The molecule has 2 heteroatoms. The summed E-state index contributed by atoms with van der Waals surface area (Å²) < 4.78 is 5.49. The average molecular weight is 787 g/mol. The zero-order valence-corrected chi connectivity index (χ0v) is 39.3. The van der Waals surface area contributed by atoms with Crippen LogP contribution in [0.1, 0.15) is 316 Å². The first-order valence-electron chi connectivity index (χ1n) is 26.5. The molecule has 0 amide bonds. The predicted octanol–water partition coefficient (Wildman–Crippen LogP) is 19.7. The third-order valence-electron chi connectivity index (χ3n) is 12.3. The fraction of sp³-hybridized carbons (Fsp3) is 0.944. The molecular weight excluding hydrogens is 681 g/mol. The van der Waals surface area contributed by atoms with Gasteiger partial charge in [-0.25, -0.2) is 0 Å². The van der Waals surface area contributed by atoms with Crippen LogP contribution in [0.2, 0.25) is 0 Å². The van der Waals surface area contributed by atoms with E-state index in [-0.39, 0.29) is 5.97 Å². The van der Waals surface area contributed by atoms with Crippen LogP contribution < -0.4 is 0 Å². The minimum absolute atomic E-state index is 0.0261. The number of unbranched alkanes of at least 4 members (excludes halogenated alkanes) is 41. The lowest BCUT2D eigenvalue weighted by Crippen LogP contribution is -2.05. The van der Waals surface area contributed by atoms with Gasteiger partial charge in [-0.1, -0.05) is 283 Å². The molecule has 0 aromatic rings. The third-order valence-corrected chi connectivity index (χ3v) is 12.3. The summed E-state index contributed by atoms with van der Waals surface area (Å²) in [6, 6.07) is 0. The SMILES string of the molecule is CCCCCCCCC=CCCCCCCCCCC(=O)OCCCCCCCCCCCCCCCCCCCCCCCCCCCCCCCC(C)C. The topological polar surface area (TPSA) is 26.3 Å². The normalized spacial score (nSPS) is 11.8. The third kappa shape index (κ3) is 51.2. The molecule has 2 nitrogen and oxygen atoms in total. The maximum Gasteiger partial charge on any atom is 0.305 e. The van der Waals surface area contributed by atoms with Crippen LogP contribution in [0, 0.1) is 5.92 Å². The lowest BCUT2D eigenvalue weighted by atomic mass is 10.0. The Morgan fingerprint density at radius 3 is 0.946 bits per heavy atom. The van der Waals surface area contributed by atoms with Gasteiger partial charge in [0.25, 0.3) is 0 Å². The average Bonchev–Trinajstić information content (AvgIpc) is 3.19. The molecule has 0 saturated heterocycles. The van der Waals surface area contributed by atoms with Crippen molar-refractivity contribution in [3.05, 3.63) is 12.2 Å². The Morgan fingerprint density at radius 1 is 0.357 bits per heavy atom. The van der Waals surface area contributed by atoms with Crippen LogP contribution in [0.4, 0.5) is 0 Å². The molecule has 0 aliphatic carbocycles. The van der Waals surface area contributed by atoms with E-state index < -0.39 is 0 Å². The van der Waals surface area contributed by atoms with Crippen molar-refractivity contribution in [2.45, 2.75) is 316 Å². The number of hydrogen-bond donors (Lipinski definition) is 0. The van der Waals surface area contributed by atoms with Gasteiger partial charge in [0.05, 0.1) is 6.61 Å². The van der Waals surface area contributed by atoms with Crippen molar-refractivity contribution < 1.29 is 9.53 Å². The zero-order chi connectivity index (χ0) is 40.5. The van der Waals surface area contributed by atoms with Gasteiger partial charge >= 0.3 is 5.97 Å². The largest absolute Gasteiger partial charge is 0.466 e. The molecule has 0 fully saturated rings. The van der Waals surface area contributed by atoms with E-state index in [2.05, 4.69) is 32.9 Å². The van der Waals surface area contributed by atoms with Gasteiger partial charge in [-0.15, -0.1) is 0 Å². The summed E-state index contributed by atoms with van der Waals surface area (Å²) in [5, 5.41) is 0. The molecule has 0 N–H and O–H groups in total. The molecule has 0 aliphatic heterocycles. The van der Waals surface area contributed by atoms with E-state index in [1.807, 2.05) is 0 Å². The van der Waals surface area contributed by atoms with Crippen LogP contribution in [-0.4, -0.2) is 12.6 Å². The molecule has 56 heavy (non-hydrogen) atoms. The van der Waals surface area contributed by atoms with E-state index >= 15 is 0 Å². The van der Waals surface area contributed by atoms with Crippen molar-refractivity contribution in [1.82, 2.24) is 0 Å². The number of ether oxygens (including phenoxy) is 1. The number of allylic oxidation sites excluding steroid dienone is 2. The highest BCUT2D eigenvalue weighted by Gasteiger charge is 2.03. The Balaban J connectivity index is 3.15. The molecule has 334 valence electrons. The van der Waals surface area contributed by atoms with Crippen LogP contribution in [0.25, 0.3) is 0 Å². The van der Waals surface area contributed by atoms with E-state index in [0.29, 0.717) is 13.0 Å². The van der Waals surface area contributed by atoms with Gasteiger partial charge < -0.3 is 4.74 Å². The molecule has 0 atom stereocenters. The fourth-order valence-electron chi connectivity index (χ4n) is 8.38. The van der Waals surface area contributed by atoms with Crippen LogP contribution in [-0.2, 0) is 9.53 Å². The van der Waals surface area contributed by atoms with Crippen molar-refractivity contribution in [1.29, 1.82) is 0 Å². The minimum Gasteiger partial charge on any atom is -0.466 e. The lowest BCUT2D eigenvalue weighted by molar-refractivity contribution is -0.143. The summed E-state index contributed by atoms with van der Waals surface area (Å²) in [7, 11) is 0. The number of carbonyl (C=O) groups excluding carboxylic acids is 1. The predicted molar refractivity (Wildman–Crippen MR) is 253 cm³/mol. The minimum atomic E-state index is 0.0261. The number of rotatable bonds is 49. The molecule has 0 rings (SSSR count). The smallest absolute Gasteiger partial charge is 0.305 e. The number of hydrogen-bond acceptors (Lipinski definition) is 2. The Bertz CT molecular complexity index is 741. The van der Waals surface area contributed by atoms with Crippen LogP contribution in [0.15, 0.2) is 12.2 Å². The Hall–Kier alpha value is -0.790. The van der Waals surface area contributed by atoms with E-state index in [1.165, 1.54) is 276 Å². The highest BCUT2D eigenvalue weighted by molar-refractivity contribution is 5.69. The summed E-state index contributed by atoms with van der Waals surface area (Å²) in [5.41, 5.74) is 0. The molecule has 0 heterocycles. The van der Waals surface area contributed by atoms with E-state index in [9.17, 15) is 4.79 Å². The van der Waals surface area contributed by atoms with Crippen molar-refractivity contribution in [2.75, 3.05) is 6.61 Å². The molecule has 0 unspecified atom stereocenters. The Kier molecular flexibility index (Phi) is 49.6. The number of carbonyl (C=O) groups is 1. The van der Waals surface area contributed by atoms with E-state index in [0.717, 1.165) is 18.8 Å². The number of esters is 1. The van der Waals surface area contributed by atoms with Crippen LogP contribution in [0.5, 0.6) is 0 Å². The van der Waals surface area contributed by atoms with Crippen LogP contribution >= 0.6 is 0 Å². The van der Waals surface area contributed by atoms with Crippen molar-refractivity contribution in [2.24, 2.45) is 5.92 Å². The first kappa shape index (κ1) is 55.2. The molecule has 0 saturated carbocycles. The molecule has 0 aromatic heterocycles. The first-order chi connectivity index (χ1) is 27.7. The molecule has 0 bridgehead atoms. The highest BCUT2D eigenvalue weighted by atomic mass is 16.5. The van der Waals surface area contributed by atoms with Crippen molar-refractivity contribution in [3.8, 4) is 0 Å². The summed E-state index contributed by atoms with van der Waals surface area (Å²) in [5.74, 6) is 0.914. The van der Waals surface area contributed by atoms with Crippen LogP contribution in [0.3, 0.4) is 0 Å². The summed E-state index contributed by atoms with van der Waals surface area (Å²) in [4.78, 5) is 12.0. The van der Waals surface area contributed by atoms with E-state index in [1.54, 1.807) is 0 Å². The van der Waals surface area contributed by atoms with Gasteiger partial charge in [0, 0.05) is 6.42 Å². The molecule has 0 aromatic carbocycles. The monoisotopic (exact) mass is 787 g/mol. The second-order valence-corrected chi connectivity index (χ2v) is 18.7. The highest BCUT2D eigenvalue weighted by Crippen LogP contribution is 2.18. The summed E-state index contributed by atoms with van der Waals surface area (Å²) in [6.07, 6.45) is 67.9. The lowest BCUT2D eigenvalue weighted by Gasteiger charge is -2.06.